The highest BCUT2D eigenvalue weighted by Crippen LogP contribution is 2.18. The molecule has 0 aliphatic heterocycles. The van der Waals surface area contributed by atoms with Gasteiger partial charge in [-0.1, -0.05) is 30.3 Å². The van der Waals surface area contributed by atoms with Crippen LogP contribution in [0.4, 0.5) is 4.79 Å². The van der Waals surface area contributed by atoms with E-state index in [0.29, 0.717) is 12.3 Å². The minimum atomic E-state index is -0.403. The first-order valence-electron chi connectivity index (χ1n) is 7.12. The van der Waals surface area contributed by atoms with Gasteiger partial charge in [-0.2, -0.15) is 0 Å². The molecule has 1 aromatic carbocycles. The Balaban J connectivity index is 2.04. The third kappa shape index (κ3) is 4.56. The molecule has 0 radical (unpaired) electrons. The highest BCUT2D eigenvalue weighted by atomic mass is 16.6. The summed E-state index contributed by atoms with van der Waals surface area (Å²) in [4.78, 5) is 19.6. The second-order valence-electron chi connectivity index (χ2n) is 5.37. The van der Waals surface area contributed by atoms with Gasteiger partial charge in [0.15, 0.2) is 5.75 Å². The van der Waals surface area contributed by atoms with Gasteiger partial charge in [-0.15, -0.1) is 0 Å². The van der Waals surface area contributed by atoms with Crippen LogP contribution in [0.5, 0.6) is 5.75 Å². The average molecular weight is 299 g/mol. The van der Waals surface area contributed by atoms with Crippen molar-refractivity contribution >= 4 is 6.09 Å². The lowest BCUT2D eigenvalue weighted by atomic mass is 10.2. The molecule has 2 rings (SSSR count). The van der Waals surface area contributed by atoms with Gasteiger partial charge in [-0.3, -0.25) is 9.88 Å². The maximum Gasteiger partial charge on any atom is 0.414 e. The van der Waals surface area contributed by atoms with Crippen LogP contribution >= 0.6 is 0 Å². The summed E-state index contributed by atoms with van der Waals surface area (Å²) in [6, 6.07) is 13.7. The zero-order valence-electron chi connectivity index (χ0n) is 13.2. The molecule has 1 heterocycles. The van der Waals surface area contributed by atoms with E-state index in [4.69, 9.17) is 4.74 Å². The van der Waals surface area contributed by atoms with Gasteiger partial charge in [0.25, 0.3) is 0 Å². The topological polar surface area (TPSA) is 45.7 Å². The third-order valence-corrected chi connectivity index (χ3v) is 3.13. The second-order valence-corrected chi connectivity index (χ2v) is 5.37. The Kier molecular flexibility index (Phi) is 5.49. The lowest BCUT2D eigenvalue weighted by molar-refractivity contribution is 0.170. The molecule has 0 aliphatic rings. The fourth-order valence-corrected chi connectivity index (χ4v) is 2.03. The summed E-state index contributed by atoms with van der Waals surface area (Å²) in [5.74, 6) is 0.501. The van der Waals surface area contributed by atoms with Crippen molar-refractivity contribution in [3.63, 3.8) is 0 Å². The molecule has 22 heavy (non-hydrogen) atoms. The minimum absolute atomic E-state index is 0.403. The molecule has 0 N–H and O–H groups in total. The van der Waals surface area contributed by atoms with Crippen molar-refractivity contribution in [2.45, 2.75) is 13.1 Å². The van der Waals surface area contributed by atoms with Crippen LogP contribution in [0.1, 0.15) is 11.3 Å². The van der Waals surface area contributed by atoms with Crippen molar-refractivity contribution in [2.75, 3.05) is 21.1 Å². The molecule has 116 valence electrons. The summed E-state index contributed by atoms with van der Waals surface area (Å²) in [5, 5.41) is 0. The molecule has 0 fully saturated rings. The standard InChI is InChI=1S/C17H21N3O2/c1-19(2)17(21)22-16-10-7-11-18-15(16)13-20(3)12-14-8-5-4-6-9-14/h4-11H,12-13H2,1-3H3. The number of hydrogen-bond donors (Lipinski definition) is 0. The van der Waals surface area contributed by atoms with Crippen molar-refractivity contribution in [1.29, 1.82) is 0 Å². The maximum atomic E-state index is 11.7. The Morgan fingerprint density at radius 3 is 2.45 bits per heavy atom. The fourth-order valence-electron chi connectivity index (χ4n) is 2.03. The molecule has 2 aromatic rings. The Bertz CT molecular complexity index is 614. The second kappa shape index (κ2) is 7.56. The van der Waals surface area contributed by atoms with E-state index < -0.39 is 6.09 Å². The molecule has 0 saturated carbocycles. The van der Waals surface area contributed by atoms with Crippen molar-refractivity contribution in [3.8, 4) is 5.75 Å². The number of pyridine rings is 1. The maximum absolute atomic E-state index is 11.7. The molecule has 0 bridgehead atoms. The minimum Gasteiger partial charge on any atom is -0.408 e. The molecule has 5 heteroatoms. The molecule has 1 aromatic heterocycles. The highest BCUT2D eigenvalue weighted by Gasteiger charge is 2.13. The largest absolute Gasteiger partial charge is 0.414 e. The monoisotopic (exact) mass is 299 g/mol. The van der Waals surface area contributed by atoms with E-state index in [1.165, 1.54) is 10.5 Å². The smallest absolute Gasteiger partial charge is 0.408 e. The number of carbonyl (C=O) groups is 1. The third-order valence-electron chi connectivity index (χ3n) is 3.13. The molecule has 5 nitrogen and oxygen atoms in total. The van der Waals surface area contributed by atoms with Gasteiger partial charge in [0.1, 0.15) is 0 Å². The summed E-state index contributed by atoms with van der Waals surface area (Å²) < 4.78 is 5.36. The van der Waals surface area contributed by atoms with Crippen LogP contribution in [0.25, 0.3) is 0 Å². The Morgan fingerprint density at radius 2 is 1.77 bits per heavy atom. The van der Waals surface area contributed by atoms with Crippen molar-refractivity contribution in [2.24, 2.45) is 0 Å². The Labute approximate surface area is 131 Å². The van der Waals surface area contributed by atoms with Crippen molar-refractivity contribution in [1.82, 2.24) is 14.8 Å². The number of benzene rings is 1. The summed E-state index contributed by atoms with van der Waals surface area (Å²) in [6.07, 6.45) is 1.30. The van der Waals surface area contributed by atoms with E-state index in [1.54, 1.807) is 32.4 Å². The first-order valence-corrected chi connectivity index (χ1v) is 7.12. The van der Waals surface area contributed by atoms with Crippen LogP contribution in [0.2, 0.25) is 0 Å². The lowest BCUT2D eigenvalue weighted by Crippen LogP contribution is -2.26. The molecule has 0 saturated heterocycles. The van der Waals surface area contributed by atoms with Crippen molar-refractivity contribution in [3.05, 3.63) is 59.9 Å². The van der Waals surface area contributed by atoms with Gasteiger partial charge in [-0.05, 0) is 24.7 Å². The average Bonchev–Trinajstić information content (AvgIpc) is 2.50. The van der Waals surface area contributed by atoms with Crippen LogP contribution < -0.4 is 4.74 Å². The van der Waals surface area contributed by atoms with Crippen molar-refractivity contribution < 1.29 is 9.53 Å². The van der Waals surface area contributed by atoms with Crippen LogP contribution in [0.15, 0.2) is 48.7 Å². The normalized spacial score (nSPS) is 10.5. The fraction of sp³-hybridized carbons (Fsp3) is 0.294. The molecular formula is C17H21N3O2. The molecule has 0 atom stereocenters. The van der Waals surface area contributed by atoms with Gasteiger partial charge >= 0.3 is 6.09 Å². The van der Waals surface area contributed by atoms with E-state index in [2.05, 4.69) is 22.0 Å². The molecule has 0 spiro atoms. The van der Waals surface area contributed by atoms with E-state index in [0.717, 1.165) is 12.2 Å². The van der Waals surface area contributed by atoms with Crippen LogP contribution in [0, 0.1) is 0 Å². The van der Waals surface area contributed by atoms with Crippen LogP contribution in [-0.4, -0.2) is 42.0 Å². The van der Waals surface area contributed by atoms with Crippen LogP contribution in [-0.2, 0) is 13.1 Å². The van der Waals surface area contributed by atoms with Gasteiger partial charge in [0.2, 0.25) is 0 Å². The lowest BCUT2D eigenvalue weighted by Gasteiger charge is -2.18. The zero-order chi connectivity index (χ0) is 15.9. The molecule has 0 aliphatic carbocycles. The van der Waals surface area contributed by atoms with E-state index >= 15 is 0 Å². The van der Waals surface area contributed by atoms with E-state index in [1.807, 2.05) is 25.2 Å². The first kappa shape index (κ1) is 16.0. The molecule has 1 amide bonds. The van der Waals surface area contributed by atoms with Gasteiger partial charge < -0.3 is 9.64 Å². The van der Waals surface area contributed by atoms with Crippen LogP contribution in [0.3, 0.4) is 0 Å². The number of amides is 1. The first-order chi connectivity index (χ1) is 10.6. The Hall–Kier alpha value is -2.40. The zero-order valence-corrected chi connectivity index (χ0v) is 13.2. The Morgan fingerprint density at radius 1 is 1.05 bits per heavy atom. The highest BCUT2D eigenvalue weighted by molar-refractivity contribution is 5.70. The summed E-state index contributed by atoms with van der Waals surface area (Å²) >= 11 is 0. The number of ether oxygens (including phenoxy) is 1. The summed E-state index contributed by atoms with van der Waals surface area (Å²) in [6.45, 7) is 1.41. The number of carbonyl (C=O) groups excluding carboxylic acids is 1. The quantitative estimate of drug-likeness (QED) is 0.851. The number of nitrogens with zero attached hydrogens (tertiary/aromatic N) is 3. The van der Waals surface area contributed by atoms with E-state index in [-0.39, 0.29) is 0 Å². The van der Waals surface area contributed by atoms with Gasteiger partial charge in [0, 0.05) is 33.4 Å². The van der Waals surface area contributed by atoms with Gasteiger partial charge in [-0.25, -0.2) is 4.79 Å². The number of aromatic nitrogens is 1. The SMILES string of the molecule is CN(Cc1ccccc1)Cc1ncccc1OC(=O)N(C)C. The van der Waals surface area contributed by atoms with Gasteiger partial charge in [0.05, 0.1) is 5.69 Å². The van der Waals surface area contributed by atoms with E-state index in [9.17, 15) is 4.79 Å². The summed E-state index contributed by atoms with van der Waals surface area (Å²) in [7, 11) is 5.32. The number of hydrogen-bond acceptors (Lipinski definition) is 4. The predicted octanol–water partition coefficient (Wildman–Crippen LogP) is 2.77. The summed E-state index contributed by atoms with van der Waals surface area (Å²) in [5.41, 5.74) is 1.98. The number of rotatable bonds is 5. The molecular weight excluding hydrogens is 278 g/mol. The predicted molar refractivity (Wildman–Crippen MR) is 85.6 cm³/mol. The molecule has 0 unspecified atom stereocenters.